The van der Waals surface area contributed by atoms with Gasteiger partial charge in [-0.3, -0.25) is 4.79 Å². The molecule has 0 atom stereocenters. The van der Waals surface area contributed by atoms with E-state index < -0.39 is 5.91 Å². The molecule has 0 aliphatic carbocycles. The Morgan fingerprint density at radius 3 is 2.42 bits per heavy atom. The second-order valence-corrected chi connectivity index (χ2v) is 5.84. The van der Waals surface area contributed by atoms with Gasteiger partial charge < -0.3 is 10.1 Å². The highest BCUT2D eigenvalue weighted by Crippen LogP contribution is 2.29. The molecule has 128 valence electrons. The molecular weight excluding hydrogens is 324 g/mol. The first-order valence-corrected chi connectivity index (χ1v) is 8.18. The van der Waals surface area contributed by atoms with E-state index in [1.807, 2.05) is 73.7 Å². The molecule has 0 saturated heterocycles. The Balaban J connectivity index is 2.00. The molecule has 4 nitrogen and oxygen atoms in total. The summed E-state index contributed by atoms with van der Waals surface area (Å²) >= 11 is 0. The van der Waals surface area contributed by atoms with E-state index in [0.717, 1.165) is 27.6 Å². The van der Waals surface area contributed by atoms with Crippen LogP contribution >= 0.6 is 0 Å². The lowest BCUT2D eigenvalue weighted by Crippen LogP contribution is -2.14. The van der Waals surface area contributed by atoms with Crippen molar-refractivity contribution in [3.63, 3.8) is 0 Å². The van der Waals surface area contributed by atoms with Gasteiger partial charge in [-0.1, -0.05) is 48.5 Å². The topological polar surface area (TPSA) is 62.1 Å². The van der Waals surface area contributed by atoms with Crippen LogP contribution in [0.2, 0.25) is 0 Å². The molecule has 0 fully saturated rings. The molecule has 3 aromatic carbocycles. The van der Waals surface area contributed by atoms with E-state index >= 15 is 0 Å². The number of anilines is 1. The summed E-state index contributed by atoms with van der Waals surface area (Å²) in [6, 6.07) is 20.9. The van der Waals surface area contributed by atoms with Crippen molar-refractivity contribution in [3.8, 4) is 11.8 Å². The van der Waals surface area contributed by atoms with Crippen molar-refractivity contribution in [3.05, 3.63) is 77.4 Å². The number of methoxy groups -OCH3 is 1. The second-order valence-electron chi connectivity index (χ2n) is 5.84. The van der Waals surface area contributed by atoms with Crippen LogP contribution in [-0.2, 0) is 4.79 Å². The molecule has 3 aromatic rings. The summed E-state index contributed by atoms with van der Waals surface area (Å²) < 4.78 is 5.39. The van der Waals surface area contributed by atoms with Crippen molar-refractivity contribution in [2.45, 2.75) is 6.92 Å². The van der Waals surface area contributed by atoms with Gasteiger partial charge in [0.05, 0.1) is 7.11 Å². The van der Waals surface area contributed by atoms with E-state index in [2.05, 4.69) is 5.32 Å². The Morgan fingerprint density at radius 2 is 1.73 bits per heavy atom. The van der Waals surface area contributed by atoms with Crippen LogP contribution < -0.4 is 10.1 Å². The number of nitrogens with zero attached hydrogens (tertiary/aromatic N) is 1. The van der Waals surface area contributed by atoms with E-state index in [4.69, 9.17) is 4.74 Å². The van der Waals surface area contributed by atoms with Gasteiger partial charge in [-0.2, -0.15) is 5.26 Å². The number of fused-ring (bicyclic) bond motifs is 1. The maximum absolute atomic E-state index is 12.5. The molecule has 0 radical (unpaired) electrons. The van der Waals surface area contributed by atoms with E-state index in [0.29, 0.717) is 5.69 Å². The molecule has 26 heavy (non-hydrogen) atoms. The van der Waals surface area contributed by atoms with Crippen LogP contribution in [0.25, 0.3) is 16.8 Å². The zero-order valence-electron chi connectivity index (χ0n) is 14.6. The molecule has 0 spiro atoms. The molecule has 1 N–H and O–H groups in total. The van der Waals surface area contributed by atoms with Crippen molar-refractivity contribution in [1.82, 2.24) is 0 Å². The number of ether oxygens (including phenoxy) is 1. The standard InChI is InChI=1S/C22H18N2O2/c1-15-7-3-6-10-20(15)24-22(25)17(14-23)13-16-11-12-21(26-2)19-9-5-4-8-18(16)19/h3-13H,1-2H3,(H,24,25)/b17-13-. The normalized spacial score (nSPS) is 11.0. The first kappa shape index (κ1) is 17.2. The molecule has 0 heterocycles. The number of rotatable bonds is 4. The van der Waals surface area contributed by atoms with Gasteiger partial charge in [0.2, 0.25) is 0 Å². The zero-order chi connectivity index (χ0) is 18.5. The summed E-state index contributed by atoms with van der Waals surface area (Å²) in [4.78, 5) is 12.5. The largest absolute Gasteiger partial charge is 0.496 e. The molecule has 0 saturated carbocycles. The first-order chi connectivity index (χ1) is 12.6. The number of nitriles is 1. The highest BCUT2D eigenvalue weighted by atomic mass is 16.5. The van der Waals surface area contributed by atoms with Gasteiger partial charge in [0.25, 0.3) is 5.91 Å². The Morgan fingerprint density at radius 1 is 1.04 bits per heavy atom. The predicted molar refractivity (Wildman–Crippen MR) is 104 cm³/mol. The van der Waals surface area contributed by atoms with Gasteiger partial charge in [-0.05, 0) is 41.6 Å². The highest BCUT2D eigenvalue weighted by molar-refractivity contribution is 6.11. The molecule has 0 unspecified atom stereocenters. The molecular formula is C22H18N2O2. The fourth-order valence-electron chi connectivity index (χ4n) is 2.81. The van der Waals surface area contributed by atoms with E-state index in [9.17, 15) is 10.1 Å². The lowest BCUT2D eigenvalue weighted by Gasteiger charge is -2.09. The average Bonchev–Trinajstić information content (AvgIpc) is 2.67. The number of hydrogen-bond donors (Lipinski definition) is 1. The van der Waals surface area contributed by atoms with Crippen LogP contribution in [0.1, 0.15) is 11.1 Å². The predicted octanol–water partition coefficient (Wildman–Crippen LogP) is 4.70. The van der Waals surface area contributed by atoms with Gasteiger partial charge in [0.1, 0.15) is 17.4 Å². The first-order valence-electron chi connectivity index (χ1n) is 8.18. The summed E-state index contributed by atoms with van der Waals surface area (Å²) in [5, 5.41) is 14.1. The highest BCUT2D eigenvalue weighted by Gasteiger charge is 2.12. The van der Waals surface area contributed by atoms with Gasteiger partial charge in [-0.15, -0.1) is 0 Å². The monoisotopic (exact) mass is 342 g/mol. The second kappa shape index (κ2) is 7.54. The summed E-state index contributed by atoms with van der Waals surface area (Å²) in [5.74, 6) is 0.322. The quantitative estimate of drug-likeness (QED) is 0.552. The minimum absolute atomic E-state index is 0.0450. The maximum Gasteiger partial charge on any atom is 0.266 e. The van der Waals surface area contributed by atoms with E-state index in [-0.39, 0.29) is 5.57 Å². The molecule has 0 aliphatic heterocycles. The lowest BCUT2D eigenvalue weighted by atomic mass is 10.0. The van der Waals surface area contributed by atoms with Crippen LogP contribution in [0.5, 0.6) is 5.75 Å². The third kappa shape index (κ3) is 3.42. The number of nitrogens with one attached hydrogen (secondary N) is 1. The van der Waals surface area contributed by atoms with Gasteiger partial charge in [0.15, 0.2) is 0 Å². The van der Waals surface area contributed by atoms with E-state index in [1.165, 1.54) is 0 Å². The SMILES string of the molecule is COc1ccc(/C=C(/C#N)C(=O)Nc2ccccc2C)c2ccccc12. The fraction of sp³-hybridized carbons (Fsp3) is 0.0909. The van der Waals surface area contributed by atoms with Gasteiger partial charge in [0, 0.05) is 11.1 Å². The molecule has 0 aliphatic rings. The molecule has 0 aromatic heterocycles. The summed E-state index contributed by atoms with van der Waals surface area (Å²) in [7, 11) is 1.62. The van der Waals surface area contributed by atoms with Crippen molar-refractivity contribution in [2.24, 2.45) is 0 Å². The Kier molecular flexibility index (Phi) is 5.00. The smallest absolute Gasteiger partial charge is 0.266 e. The van der Waals surface area contributed by atoms with Crippen LogP contribution in [0.4, 0.5) is 5.69 Å². The number of carbonyl (C=O) groups is 1. The van der Waals surface area contributed by atoms with Gasteiger partial charge in [-0.25, -0.2) is 0 Å². The number of benzene rings is 3. The Bertz CT molecular complexity index is 1050. The number of aryl methyl sites for hydroxylation is 1. The minimum atomic E-state index is -0.429. The van der Waals surface area contributed by atoms with E-state index in [1.54, 1.807) is 13.2 Å². The molecule has 1 amide bonds. The minimum Gasteiger partial charge on any atom is -0.496 e. The Labute approximate surface area is 152 Å². The fourth-order valence-corrected chi connectivity index (χ4v) is 2.81. The van der Waals surface area contributed by atoms with Crippen molar-refractivity contribution < 1.29 is 9.53 Å². The zero-order valence-corrected chi connectivity index (χ0v) is 14.6. The lowest BCUT2D eigenvalue weighted by molar-refractivity contribution is -0.112. The summed E-state index contributed by atoms with van der Waals surface area (Å²) in [5.41, 5.74) is 2.47. The maximum atomic E-state index is 12.5. The van der Waals surface area contributed by atoms with Gasteiger partial charge >= 0.3 is 0 Å². The van der Waals surface area contributed by atoms with Crippen LogP contribution in [0.15, 0.2) is 66.2 Å². The number of para-hydroxylation sites is 1. The van der Waals surface area contributed by atoms with Crippen molar-refractivity contribution in [1.29, 1.82) is 5.26 Å². The number of hydrogen-bond acceptors (Lipinski definition) is 3. The number of carbonyl (C=O) groups excluding carboxylic acids is 1. The third-order valence-electron chi connectivity index (χ3n) is 4.20. The summed E-state index contributed by atoms with van der Waals surface area (Å²) in [6.45, 7) is 1.91. The summed E-state index contributed by atoms with van der Waals surface area (Å²) in [6.07, 6.45) is 1.61. The molecule has 3 rings (SSSR count). The van der Waals surface area contributed by atoms with Crippen LogP contribution in [0.3, 0.4) is 0 Å². The van der Waals surface area contributed by atoms with Crippen molar-refractivity contribution >= 4 is 28.4 Å². The van der Waals surface area contributed by atoms with Crippen LogP contribution in [0, 0.1) is 18.3 Å². The number of amides is 1. The molecule has 0 bridgehead atoms. The van der Waals surface area contributed by atoms with Crippen molar-refractivity contribution in [2.75, 3.05) is 12.4 Å². The third-order valence-corrected chi connectivity index (χ3v) is 4.20. The van der Waals surface area contributed by atoms with Crippen LogP contribution in [-0.4, -0.2) is 13.0 Å². The average molecular weight is 342 g/mol. The Hall–Kier alpha value is -3.58. The molecule has 4 heteroatoms.